The summed E-state index contributed by atoms with van der Waals surface area (Å²) >= 11 is 0. The Morgan fingerprint density at radius 2 is 1.82 bits per heavy atom. The van der Waals surface area contributed by atoms with Gasteiger partial charge in [0, 0.05) is 8.80 Å². The molecule has 11 heavy (non-hydrogen) atoms. The third kappa shape index (κ3) is 6.61. The topological polar surface area (TPSA) is 0 Å². The Labute approximate surface area is 74.0 Å². The van der Waals surface area contributed by atoms with Gasteiger partial charge in [-0.2, -0.15) is 0 Å². The second-order valence-electron chi connectivity index (χ2n) is 4.05. The number of unbranched alkanes of at least 4 members (excludes halogenated alkanes) is 1. The van der Waals surface area contributed by atoms with E-state index in [1.54, 1.807) is 6.04 Å². The van der Waals surface area contributed by atoms with Crippen molar-refractivity contribution >= 4 is 8.80 Å². The maximum Gasteiger partial charge on any atom is 0.0308 e. The van der Waals surface area contributed by atoms with E-state index in [9.17, 15) is 0 Å². The van der Waals surface area contributed by atoms with Crippen LogP contribution in [0.2, 0.25) is 19.1 Å². The van der Waals surface area contributed by atoms with Crippen LogP contribution in [0.1, 0.15) is 39.5 Å². The van der Waals surface area contributed by atoms with Gasteiger partial charge in [0.1, 0.15) is 0 Å². The van der Waals surface area contributed by atoms with E-state index in [0.717, 1.165) is 5.92 Å². The highest BCUT2D eigenvalue weighted by Gasteiger charge is 2.07. The molecule has 0 aromatic heterocycles. The molecular formula is C10H24Si. The smallest absolute Gasteiger partial charge is 0.0308 e. The molecular weight excluding hydrogens is 148 g/mol. The van der Waals surface area contributed by atoms with Crippen LogP contribution in [0.5, 0.6) is 0 Å². The van der Waals surface area contributed by atoms with Crippen molar-refractivity contribution in [2.24, 2.45) is 5.92 Å². The van der Waals surface area contributed by atoms with Crippen LogP contribution in [0.4, 0.5) is 0 Å². The van der Waals surface area contributed by atoms with Crippen LogP contribution in [-0.2, 0) is 0 Å². The summed E-state index contributed by atoms with van der Waals surface area (Å²) in [5.41, 5.74) is 0. The van der Waals surface area contributed by atoms with E-state index >= 15 is 0 Å². The first-order valence-electron chi connectivity index (χ1n) is 5.20. The van der Waals surface area contributed by atoms with Gasteiger partial charge in [0.25, 0.3) is 0 Å². The molecule has 0 aliphatic rings. The minimum absolute atomic E-state index is 0.289. The summed E-state index contributed by atoms with van der Waals surface area (Å²) in [7, 11) is -0.289. The molecule has 1 atom stereocenters. The van der Waals surface area contributed by atoms with Crippen molar-refractivity contribution in [2.75, 3.05) is 0 Å². The van der Waals surface area contributed by atoms with Crippen LogP contribution >= 0.6 is 0 Å². The Balaban J connectivity index is 3.41. The van der Waals surface area contributed by atoms with Crippen molar-refractivity contribution in [2.45, 2.75) is 58.7 Å². The SMILES string of the molecule is CCCCC(CC)C[SiH](C)C. The maximum atomic E-state index is 2.47. The molecule has 0 aromatic rings. The predicted molar refractivity (Wildman–Crippen MR) is 57.0 cm³/mol. The fraction of sp³-hybridized carbons (Fsp3) is 1.00. The summed E-state index contributed by atoms with van der Waals surface area (Å²) in [5, 5.41) is 0. The molecule has 1 heteroatoms. The first kappa shape index (κ1) is 11.2. The van der Waals surface area contributed by atoms with Crippen LogP contribution in [0.3, 0.4) is 0 Å². The van der Waals surface area contributed by atoms with E-state index in [1.165, 1.54) is 25.7 Å². The normalized spacial score (nSPS) is 13.9. The zero-order chi connectivity index (χ0) is 8.69. The molecule has 0 aromatic carbocycles. The van der Waals surface area contributed by atoms with Gasteiger partial charge in [-0.15, -0.1) is 0 Å². The molecule has 68 valence electrons. The Kier molecular flexibility index (Phi) is 7.03. The van der Waals surface area contributed by atoms with Crippen molar-refractivity contribution in [3.63, 3.8) is 0 Å². The van der Waals surface area contributed by atoms with Crippen molar-refractivity contribution in [1.29, 1.82) is 0 Å². The van der Waals surface area contributed by atoms with E-state index in [1.807, 2.05) is 0 Å². The van der Waals surface area contributed by atoms with Crippen molar-refractivity contribution in [3.05, 3.63) is 0 Å². The van der Waals surface area contributed by atoms with Crippen LogP contribution in [0.25, 0.3) is 0 Å². The first-order chi connectivity index (χ1) is 5.20. The molecule has 0 rings (SSSR count). The monoisotopic (exact) mass is 172 g/mol. The van der Waals surface area contributed by atoms with Crippen molar-refractivity contribution < 1.29 is 0 Å². The molecule has 0 aliphatic heterocycles. The van der Waals surface area contributed by atoms with Crippen LogP contribution in [0, 0.1) is 5.92 Å². The van der Waals surface area contributed by atoms with Crippen LogP contribution < -0.4 is 0 Å². The summed E-state index contributed by atoms with van der Waals surface area (Å²) in [6, 6.07) is 1.57. The fourth-order valence-corrected chi connectivity index (χ4v) is 3.55. The Morgan fingerprint density at radius 1 is 1.18 bits per heavy atom. The lowest BCUT2D eigenvalue weighted by Gasteiger charge is -2.15. The standard InChI is InChI=1S/C10H24Si/c1-5-7-8-10(6-2)9-11(3)4/h10-11H,5-9H2,1-4H3. The third-order valence-electron chi connectivity index (χ3n) is 2.35. The molecule has 0 amide bonds. The summed E-state index contributed by atoms with van der Waals surface area (Å²) in [6.07, 6.45) is 5.71. The molecule has 0 nitrogen and oxygen atoms in total. The van der Waals surface area contributed by atoms with E-state index in [0.29, 0.717) is 0 Å². The van der Waals surface area contributed by atoms with Gasteiger partial charge in [-0.1, -0.05) is 58.7 Å². The Bertz CT molecular complexity index is 78.9. The van der Waals surface area contributed by atoms with E-state index in [4.69, 9.17) is 0 Å². The van der Waals surface area contributed by atoms with Crippen molar-refractivity contribution in [1.82, 2.24) is 0 Å². The fourth-order valence-electron chi connectivity index (χ4n) is 1.65. The number of hydrogen-bond acceptors (Lipinski definition) is 0. The Hall–Kier alpha value is 0.217. The average Bonchev–Trinajstić information content (AvgIpc) is 1.97. The van der Waals surface area contributed by atoms with Gasteiger partial charge in [-0.05, 0) is 5.92 Å². The highest BCUT2D eigenvalue weighted by molar-refractivity contribution is 6.55. The molecule has 0 heterocycles. The van der Waals surface area contributed by atoms with Gasteiger partial charge in [0.05, 0.1) is 0 Å². The van der Waals surface area contributed by atoms with E-state index in [-0.39, 0.29) is 8.80 Å². The largest absolute Gasteiger partial charge is 0.0722 e. The Morgan fingerprint density at radius 3 is 2.18 bits per heavy atom. The highest BCUT2D eigenvalue weighted by atomic mass is 28.3. The molecule has 0 bridgehead atoms. The summed E-state index contributed by atoms with van der Waals surface area (Å²) in [6.45, 7) is 9.57. The minimum atomic E-state index is -0.289. The molecule has 0 N–H and O–H groups in total. The molecule has 0 saturated carbocycles. The van der Waals surface area contributed by atoms with Gasteiger partial charge < -0.3 is 0 Å². The molecule has 0 radical (unpaired) electrons. The second kappa shape index (κ2) is 6.90. The number of rotatable bonds is 6. The summed E-state index contributed by atoms with van der Waals surface area (Å²) in [5.74, 6) is 1.06. The lowest BCUT2D eigenvalue weighted by atomic mass is 10.0. The zero-order valence-corrected chi connectivity index (χ0v) is 9.84. The first-order valence-corrected chi connectivity index (χ1v) is 8.33. The van der Waals surface area contributed by atoms with Crippen LogP contribution in [-0.4, -0.2) is 8.80 Å². The van der Waals surface area contributed by atoms with E-state index < -0.39 is 0 Å². The van der Waals surface area contributed by atoms with Gasteiger partial charge in [0.2, 0.25) is 0 Å². The summed E-state index contributed by atoms with van der Waals surface area (Å²) < 4.78 is 0. The van der Waals surface area contributed by atoms with E-state index in [2.05, 4.69) is 26.9 Å². The van der Waals surface area contributed by atoms with Gasteiger partial charge in [-0.3, -0.25) is 0 Å². The molecule has 0 saturated heterocycles. The molecule has 0 spiro atoms. The second-order valence-corrected chi connectivity index (χ2v) is 7.31. The average molecular weight is 172 g/mol. The summed E-state index contributed by atoms with van der Waals surface area (Å²) in [4.78, 5) is 0. The third-order valence-corrected chi connectivity index (χ3v) is 3.96. The lowest BCUT2D eigenvalue weighted by molar-refractivity contribution is 0.488. The van der Waals surface area contributed by atoms with Crippen molar-refractivity contribution in [3.8, 4) is 0 Å². The van der Waals surface area contributed by atoms with Gasteiger partial charge >= 0.3 is 0 Å². The molecule has 0 fully saturated rings. The van der Waals surface area contributed by atoms with Crippen LogP contribution in [0.15, 0.2) is 0 Å². The minimum Gasteiger partial charge on any atom is -0.0722 e. The molecule has 1 unspecified atom stereocenters. The zero-order valence-electron chi connectivity index (χ0n) is 8.69. The molecule has 0 aliphatic carbocycles. The lowest BCUT2D eigenvalue weighted by Crippen LogP contribution is -2.08. The quantitative estimate of drug-likeness (QED) is 0.536. The highest BCUT2D eigenvalue weighted by Crippen LogP contribution is 2.18. The van der Waals surface area contributed by atoms with Gasteiger partial charge in [0.15, 0.2) is 0 Å². The number of hydrogen-bond donors (Lipinski definition) is 0. The maximum absolute atomic E-state index is 2.47. The predicted octanol–water partition coefficient (Wildman–Crippen LogP) is 3.69. The van der Waals surface area contributed by atoms with Gasteiger partial charge in [-0.25, -0.2) is 0 Å².